The van der Waals surface area contributed by atoms with Crippen molar-refractivity contribution in [2.24, 2.45) is 5.92 Å². The molecule has 2 aliphatic rings. The zero-order chi connectivity index (χ0) is 14.0. The summed E-state index contributed by atoms with van der Waals surface area (Å²) in [5, 5.41) is 11.6. The standard InChI is InChI=1S/C11H18N2O5S/c14-10(15)8-2-1-4-13(6-8)11(16)12-9-3-5-19(17,18)7-9/h8-9H,1-7H2,(H,12,16)(H,14,15)/t8-,9?/m0/s1. The molecule has 2 saturated heterocycles. The van der Waals surface area contributed by atoms with Crippen LogP contribution in [0, 0.1) is 5.92 Å². The largest absolute Gasteiger partial charge is 0.481 e. The van der Waals surface area contributed by atoms with Crippen LogP contribution in [0.2, 0.25) is 0 Å². The van der Waals surface area contributed by atoms with Crippen LogP contribution in [0.15, 0.2) is 0 Å². The van der Waals surface area contributed by atoms with Crippen LogP contribution in [0.3, 0.4) is 0 Å². The van der Waals surface area contributed by atoms with E-state index in [1.54, 1.807) is 0 Å². The number of amides is 2. The second-order valence-electron chi connectivity index (χ2n) is 5.17. The Labute approximate surface area is 111 Å². The molecule has 2 N–H and O–H groups in total. The molecule has 2 fully saturated rings. The summed E-state index contributed by atoms with van der Waals surface area (Å²) in [6.07, 6.45) is 1.68. The molecule has 8 heteroatoms. The Morgan fingerprint density at radius 2 is 2.00 bits per heavy atom. The van der Waals surface area contributed by atoms with Gasteiger partial charge in [-0.15, -0.1) is 0 Å². The van der Waals surface area contributed by atoms with E-state index in [4.69, 9.17) is 5.11 Å². The number of hydrogen-bond donors (Lipinski definition) is 2. The predicted octanol–water partition coefficient (Wildman–Crippen LogP) is -0.320. The molecule has 0 aromatic heterocycles. The number of carbonyl (C=O) groups is 2. The molecule has 2 amide bonds. The highest BCUT2D eigenvalue weighted by atomic mass is 32.2. The third-order valence-electron chi connectivity index (χ3n) is 3.62. The lowest BCUT2D eigenvalue weighted by Crippen LogP contribution is -2.50. The normalized spacial score (nSPS) is 30.0. The summed E-state index contributed by atoms with van der Waals surface area (Å²) in [7, 11) is -3.02. The van der Waals surface area contributed by atoms with Gasteiger partial charge in [0.1, 0.15) is 0 Å². The number of likely N-dealkylation sites (tertiary alicyclic amines) is 1. The highest BCUT2D eigenvalue weighted by Gasteiger charge is 2.32. The summed E-state index contributed by atoms with van der Waals surface area (Å²) in [6.45, 7) is 0.718. The lowest BCUT2D eigenvalue weighted by Gasteiger charge is -2.31. The Morgan fingerprint density at radius 1 is 1.26 bits per heavy atom. The van der Waals surface area contributed by atoms with Crippen molar-refractivity contribution in [3.8, 4) is 0 Å². The zero-order valence-electron chi connectivity index (χ0n) is 10.5. The number of nitrogens with zero attached hydrogens (tertiary/aromatic N) is 1. The minimum Gasteiger partial charge on any atom is -0.481 e. The molecule has 0 spiro atoms. The average Bonchev–Trinajstić information content (AvgIpc) is 2.68. The first-order valence-electron chi connectivity index (χ1n) is 6.36. The van der Waals surface area contributed by atoms with Gasteiger partial charge in [-0.2, -0.15) is 0 Å². The first-order valence-corrected chi connectivity index (χ1v) is 8.18. The molecule has 0 radical (unpaired) electrons. The third kappa shape index (κ3) is 3.59. The molecular formula is C11H18N2O5S. The van der Waals surface area contributed by atoms with Gasteiger partial charge in [0.05, 0.1) is 17.4 Å². The summed E-state index contributed by atoms with van der Waals surface area (Å²) < 4.78 is 22.6. The second kappa shape index (κ2) is 5.36. The Balaban J connectivity index is 1.88. The van der Waals surface area contributed by atoms with Gasteiger partial charge in [0.2, 0.25) is 0 Å². The number of carboxylic acids is 1. The van der Waals surface area contributed by atoms with Gasteiger partial charge in [-0.05, 0) is 19.3 Å². The van der Waals surface area contributed by atoms with Crippen LogP contribution in [-0.2, 0) is 14.6 Å². The number of carboxylic acid groups (broad SMARTS) is 1. The van der Waals surface area contributed by atoms with Crippen LogP contribution < -0.4 is 5.32 Å². The Morgan fingerprint density at radius 3 is 2.58 bits per heavy atom. The van der Waals surface area contributed by atoms with Crippen molar-refractivity contribution >= 4 is 21.8 Å². The highest BCUT2D eigenvalue weighted by molar-refractivity contribution is 7.91. The lowest BCUT2D eigenvalue weighted by atomic mass is 9.99. The number of hydrogen-bond acceptors (Lipinski definition) is 4. The van der Waals surface area contributed by atoms with Gasteiger partial charge in [-0.25, -0.2) is 13.2 Å². The minimum absolute atomic E-state index is 0.0189. The van der Waals surface area contributed by atoms with Gasteiger partial charge in [0, 0.05) is 19.1 Å². The molecule has 0 aromatic carbocycles. The van der Waals surface area contributed by atoms with E-state index in [-0.39, 0.29) is 30.1 Å². The molecule has 1 unspecified atom stereocenters. The Hall–Kier alpha value is -1.31. The number of urea groups is 1. The monoisotopic (exact) mass is 290 g/mol. The number of carbonyl (C=O) groups excluding carboxylic acids is 1. The molecule has 7 nitrogen and oxygen atoms in total. The minimum atomic E-state index is -3.02. The molecule has 0 saturated carbocycles. The average molecular weight is 290 g/mol. The van der Waals surface area contributed by atoms with Crippen LogP contribution in [0.25, 0.3) is 0 Å². The molecule has 0 bridgehead atoms. The van der Waals surface area contributed by atoms with Crippen LogP contribution in [-0.4, -0.2) is 61.1 Å². The predicted molar refractivity (Wildman–Crippen MR) is 67.5 cm³/mol. The maximum atomic E-state index is 12.0. The van der Waals surface area contributed by atoms with Gasteiger partial charge in [0.15, 0.2) is 9.84 Å². The van der Waals surface area contributed by atoms with E-state index in [9.17, 15) is 18.0 Å². The van der Waals surface area contributed by atoms with Crippen molar-refractivity contribution in [3.63, 3.8) is 0 Å². The van der Waals surface area contributed by atoms with Crippen molar-refractivity contribution in [2.45, 2.75) is 25.3 Å². The topological polar surface area (TPSA) is 104 Å². The van der Waals surface area contributed by atoms with Crippen LogP contribution in [0.4, 0.5) is 4.79 Å². The van der Waals surface area contributed by atoms with E-state index in [1.807, 2.05) is 0 Å². The van der Waals surface area contributed by atoms with Gasteiger partial charge < -0.3 is 15.3 Å². The number of aliphatic carboxylic acids is 1. The van der Waals surface area contributed by atoms with Gasteiger partial charge in [-0.3, -0.25) is 4.79 Å². The zero-order valence-corrected chi connectivity index (χ0v) is 11.4. The van der Waals surface area contributed by atoms with Gasteiger partial charge >= 0.3 is 12.0 Å². The maximum Gasteiger partial charge on any atom is 0.317 e. The highest BCUT2D eigenvalue weighted by Crippen LogP contribution is 2.17. The second-order valence-corrected chi connectivity index (χ2v) is 7.40. The molecule has 0 aromatic rings. The first kappa shape index (κ1) is 14.1. The van der Waals surface area contributed by atoms with E-state index >= 15 is 0 Å². The molecule has 2 heterocycles. The Kier molecular flexibility index (Phi) is 3.98. The summed E-state index contributed by atoms with van der Waals surface area (Å²) in [5.74, 6) is -1.32. The first-order chi connectivity index (χ1) is 8.87. The smallest absolute Gasteiger partial charge is 0.317 e. The van der Waals surface area contributed by atoms with E-state index < -0.39 is 21.7 Å². The number of piperidine rings is 1. The van der Waals surface area contributed by atoms with Crippen molar-refractivity contribution in [1.82, 2.24) is 10.2 Å². The lowest BCUT2D eigenvalue weighted by molar-refractivity contribution is -0.143. The summed E-state index contributed by atoms with van der Waals surface area (Å²) in [4.78, 5) is 24.3. The molecule has 2 rings (SSSR count). The van der Waals surface area contributed by atoms with Crippen molar-refractivity contribution in [3.05, 3.63) is 0 Å². The molecule has 2 aliphatic heterocycles. The summed E-state index contributed by atoms with van der Waals surface area (Å²) in [5.41, 5.74) is 0. The van der Waals surface area contributed by atoms with E-state index in [0.29, 0.717) is 25.8 Å². The fourth-order valence-corrected chi connectivity index (χ4v) is 4.21. The third-order valence-corrected chi connectivity index (χ3v) is 5.39. The van der Waals surface area contributed by atoms with Gasteiger partial charge in [0.25, 0.3) is 0 Å². The van der Waals surface area contributed by atoms with E-state index in [1.165, 1.54) is 4.90 Å². The van der Waals surface area contributed by atoms with Gasteiger partial charge in [-0.1, -0.05) is 0 Å². The number of nitrogens with one attached hydrogen (secondary N) is 1. The molecular weight excluding hydrogens is 272 g/mol. The van der Waals surface area contributed by atoms with Crippen LogP contribution in [0.5, 0.6) is 0 Å². The van der Waals surface area contributed by atoms with Crippen molar-refractivity contribution < 1.29 is 23.1 Å². The maximum absolute atomic E-state index is 12.0. The molecule has 2 atom stereocenters. The quantitative estimate of drug-likeness (QED) is 0.725. The van der Waals surface area contributed by atoms with E-state index in [2.05, 4.69) is 5.32 Å². The SMILES string of the molecule is O=C(O)[C@H]1CCCN(C(=O)NC2CCS(=O)(=O)C2)C1. The molecule has 0 aliphatic carbocycles. The van der Waals surface area contributed by atoms with Crippen LogP contribution in [0.1, 0.15) is 19.3 Å². The fraction of sp³-hybridized carbons (Fsp3) is 0.818. The van der Waals surface area contributed by atoms with Crippen molar-refractivity contribution in [1.29, 1.82) is 0 Å². The summed E-state index contributed by atoms with van der Waals surface area (Å²) in [6, 6.07) is -0.698. The number of rotatable bonds is 2. The van der Waals surface area contributed by atoms with Crippen molar-refractivity contribution in [2.75, 3.05) is 24.6 Å². The van der Waals surface area contributed by atoms with Crippen LogP contribution >= 0.6 is 0 Å². The molecule has 19 heavy (non-hydrogen) atoms. The summed E-state index contributed by atoms with van der Waals surface area (Å²) >= 11 is 0. The molecule has 108 valence electrons. The number of sulfone groups is 1. The fourth-order valence-electron chi connectivity index (χ4n) is 2.54. The Bertz CT molecular complexity index is 475. The van der Waals surface area contributed by atoms with E-state index in [0.717, 1.165) is 0 Å².